The van der Waals surface area contributed by atoms with E-state index in [4.69, 9.17) is 4.74 Å². The lowest BCUT2D eigenvalue weighted by Crippen LogP contribution is -2.11. The van der Waals surface area contributed by atoms with Gasteiger partial charge in [0.05, 0.1) is 6.61 Å². The molecule has 5 heteroatoms. The number of hydrogen-bond donors (Lipinski definition) is 1. The molecule has 1 aromatic heterocycles. The monoisotopic (exact) mass is 288 g/mol. The van der Waals surface area contributed by atoms with Gasteiger partial charge < -0.3 is 4.74 Å². The molecule has 1 aliphatic rings. The Hall–Kier alpha value is -1.88. The van der Waals surface area contributed by atoms with E-state index in [-0.39, 0.29) is 5.91 Å². The summed E-state index contributed by atoms with van der Waals surface area (Å²) in [6.07, 6.45) is 4.29. The minimum absolute atomic E-state index is 0.145. The van der Waals surface area contributed by atoms with Crippen LogP contribution in [0.2, 0.25) is 0 Å². The molecule has 0 radical (unpaired) electrons. The third-order valence-electron chi connectivity index (χ3n) is 3.14. The second-order valence-corrected chi connectivity index (χ2v) is 6.24. The highest BCUT2D eigenvalue weighted by Crippen LogP contribution is 2.29. The van der Waals surface area contributed by atoms with Crippen LogP contribution in [0, 0.1) is 12.8 Å². The molecule has 0 atom stereocenters. The largest absolute Gasteiger partial charge is 0.493 e. The molecule has 104 valence electrons. The van der Waals surface area contributed by atoms with Crippen LogP contribution in [-0.4, -0.2) is 17.5 Å². The number of benzene rings is 1. The topological polar surface area (TPSA) is 51.2 Å². The Bertz CT molecular complexity index is 603. The van der Waals surface area contributed by atoms with Gasteiger partial charge in [0.1, 0.15) is 5.75 Å². The molecule has 1 aliphatic carbocycles. The van der Waals surface area contributed by atoms with E-state index in [0.29, 0.717) is 10.7 Å². The normalized spacial score (nSPS) is 14.1. The van der Waals surface area contributed by atoms with Gasteiger partial charge in [0.25, 0.3) is 5.91 Å². The summed E-state index contributed by atoms with van der Waals surface area (Å²) in [6.45, 7) is 2.74. The van der Waals surface area contributed by atoms with Gasteiger partial charge in [-0.1, -0.05) is 0 Å². The molecule has 3 rings (SSSR count). The number of thiazole rings is 1. The Kier molecular flexibility index (Phi) is 3.69. The first-order valence-corrected chi connectivity index (χ1v) is 7.49. The van der Waals surface area contributed by atoms with Gasteiger partial charge in [-0.25, -0.2) is 4.98 Å². The van der Waals surface area contributed by atoms with Crippen molar-refractivity contribution in [1.29, 1.82) is 0 Å². The van der Waals surface area contributed by atoms with Crippen molar-refractivity contribution >= 4 is 22.4 Å². The fourth-order valence-electron chi connectivity index (χ4n) is 1.78. The number of carbonyl (C=O) groups excluding carboxylic acids is 1. The summed E-state index contributed by atoms with van der Waals surface area (Å²) in [5.41, 5.74) is 0.608. The molecule has 0 aliphatic heterocycles. The standard InChI is InChI=1S/C15H16N2O2S/c1-10-8-16-15(20-10)17-14(18)12-4-6-13(7-5-12)19-9-11-2-3-11/h4-8,11H,2-3,9H2,1H3,(H,16,17,18). The molecule has 2 aromatic rings. The zero-order chi connectivity index (χ0) is 13.9. The number of carbonyl (C=O) groups is 1. The van der Waals surface area contributed by atoms with Gasteiger partial charge in [0.2, 0.25) is 0 Å². The Balaban J connectivity index is 1.59. The van der Waals surface area contributed by atoms with Gasteiger partial charge in [-0.05, 0) is 49.9 Å². The highest BCUT2D eigenvalue weighted by molar-refractivity contribution is 7.15. The van der Waals surface area contributed by atoms with E-state index in [1.807, 2.05) is 19.1 Å². The predicted octanol–water partition coefficient (Wildman–Crippen LogP) is 3.49. The van der Waals surface area contributed by atoms with Crippen molar-refractivity contribution in [3.63, 3.8) is 0 Å². The minimum Gasteiger partial charge on any atom is -0.493 e. The van der Waals surface area contributed by atoms with E-state index in [0.717, 1.165) is 23.2 Å². The lowest BCUT2D eigenvalue weighted by Gasteiger charge is -2.06. The summed E-state index contributed by atoms with van der Waals surface area (Å²) in [5.74, 6) is 1.40. The quantitative estimate of drug-likeness (QED) is 0.916. The summed E-state index contributed by atoms with van der Waals surface area (Å²) in [7, 11) is 0. The predicted molar refractivity (Wildman–Crippen MR) is 79.5 cm³/mol. The number of aryl methyl sites for hydroxylation is 1. The molecular formula is C15H16N2O2S. The molecule has 0 saturated heterocycles. The Morgan fingerprint density at radius 1 is 1.40 bits per heavy atom. The van der Waals surface area contributed by atoms with Gasteiger partial charge in [0.15, 0.2) is 5.13 Å². The summed E-state index contributed by atoms with van der Waals surface area (Å²) in [5, 5.41) is 3.41. The van der Waals surface area contributed by atoms with Crippen LogP contribution >= 0.6 is 11.3 Å². The molecule has 1 fully saturated rings. The first kappa shape index (κ1) is 13.1. The maximum absolute atomic E-state index is 12.0. The van der Waals surface area contributed by atoms with Crippen molar-refractivity contribution < 1.29 is 9.53 Å². The number of rotatable bonds is 5. The van der Waals surface area contributed by atoms with Crippen molar-refractivity contribution in [3.8, 4) is 5.75 Å². The van der Waals surface area contributed by atoms with Crippen LogP contribution in [0.4, 0.5) is 5.13 Å². The zero-order valence-corrected chi connectivity index (χ0v) is 12.1. The average Bonchev–Trinajstić information content (AvgIpc) is 3.20. The van der Waals surface area contributed by atoms with Crippen molar-refractivity contribution in [2.75, 3.05) is 11.9 Å². The van der Waals surface area contributed by atoms with E-state index in [1.54, 1.807) is 18.3 Å². The van der Waals surface area contributed by atoms with Crippen LogP contribution in [0.3, 0.4) is 0 Å². The first-order chi connectivity index (χ1) is 9.70. The van der Waals surface area contributed by atoms with E-state index in [2.05, 4.69) is 10.3 Å². The van der Waals surface area contributed by atoms with Gasteiger partial charge in [-0.2, -0.15) is 0 Å². The fourth-order valence-corrected chi connectivity index (χ4v) is 2.44. The third-order valence-corrected chi connectivity index (χ3v) is 3.97. The van der Waals surface area contributed by atoms with Gasteiger partial charge in [-0.3, -0.25) is 10.1 Å². The van der Waals surface area contributed by atoms with E-state index in [1.165, 1.54) is 24.2 Å². The minimum atomic E-state index is -0.145. The zero-order valence-electron chi connectivity index (χ0n) is 11.3. The molecule has 1 heterocycles. The second-order valence-electron chi connectivity index (χ2n) is 5.01. The molecule has 20 heavy (non-hydrogen) atoms. The smallest absolute Gasteiger partial charge is 0.257 e. The number of nitrogens with one attached hydrogen (secondary N) is 1. The Morgan fingerprint density at radius 2 is 2.15 bits per heavy atom. The van der Waals surface area contributed by atoms with Crippen molar-refractivity contribution in [1.82, 2.24) is 4.98 Å². The number of hydrogen-bond acceptors (Lipinski definition) is 4. The van der Waals surface area contributed by atoms with Gasteiger partial charge in [0, 0.05) is 16.6 Å². The van der Waals surface area contributed by atoms with Crippen LogP contribution in [0.1, 0.15) is 28.1 Å². The first-order valence-electron chi connectivity index (χ1n) is 6.67. The van der Waals surface area contributed by atoms with Crippen molar-refractivity contribution in [2.24, 2.45) is 5.92 Å². The van der Waals surface area contributed by atoms with Crippen LogP contribution in [0.25, 0.3) is 0 Å². The van der Waals surface area contributed by atoms with E-state index < -0.39 is 0 Å². The maximum Gasteiger partial charge on any atom is 0.257 e. The van der Waals surface area contributed by atoms with Crippen LogP contribution in [0.15, 0.2) is 30.5 Å². The molecule has 1 aromatic carbocycles. The summed E-state index contributed by atoms with van der Waals surface area (Å²) in [4.78, 5) is 17.2. The van der Waals surface area contributed by atoms with Crippen molar-refractivity contribution in [2.45, 2.75) is 19.8 Å². The summed E-state index contributed by atoms with van der Waals surface area (Å²) >= 11 is 1.46. The highest BCUT2D eigenvalue weighted by atomic mass is 32.1. The summed E-state index contributed by atoms with van der Waals surface area (Å²) < 4.78 is 5.64. The SMILES string of the molecule is Cc1cnc(NC(=O)c2ccc(OCC3CC3)cc2)s1. The lowest BCUT2D eigenvalue weighted by molar-refractivity contribution is 0.102. The molecule has 1 amide bonds. The number of nitrogens with zero attached hydrogens (tertiary/aromatic N) is 1. The van der Waals surface area contributed by atoms with Crippen LogP contribution in [-0.2, 0) is 0 Å². The van der Waals surface area contributed by atoms with Gasteiger partial charge in [-0.15, -0.1) is 11.3 Å². The average molecular weight is 288 g/mol. The number of amides is 1. The maximum atomic E-state index is 12.0. The second kappa shape index (κ2) is 5.63. The van der Waals surface area contributed by atoms with Crippen LogP contribution < -0.4 is 10.1 Å². The van der Waals surface area contributed by atoms with Gasteiger partial charge >= 0.3 is 0 Å². The Labute approximate surface area is 121 Å². The van der Waals surface area contributed by atoms with E-state index in [9.17, 15) is 4.79 Å². The number of ether oxygens (including phenoxy) is 1. The van der Waals surface area contributed by atoms with Crippen molar-refractivity contribution in [3.05, 3.63) is 40.9 Å². The molecule has 1 N–H and O–H groups in total. The molecule has 4 nitrogen and oxygen atoms in total. The Morgan fingerprint density at radius 3 is 2.75 bits per heavy atom. The van der Waals surface area contributed by atoms with E-state index >= 15 is 0 Å². The molecule has 0 unspecified atom stereocenters. The molecule has 0 bridgehead atoms. The molecular weight excluding hydrogens is 272 g/mol. The third kappa shape index (κ3) is 3.36. The number of aromatic nitrogens is 1. The molecule has 0 spiro atoms. The summed E-state index contributed by atoms with van der Waals surface area (Å²) in [6, 6.07) is 7.23. The molecule has 1 saturated carbocycles. The highest BCUT2D eigenvalue weighted by Gasteiger charge is 2.21. The fraction of sp³-hybridized carbons (Fsp3) is 0.333. The number of anilines is 1. The lowest BCUT2D eigenvalue weighted by atomic mass is 10.2. The van der Waals surface area contributed by atoms with Crippen LogP contribution in [0.5, 0.6) is 5.75 Å².